The fourth-order valence-electron chi connectivity index (χ4n) is 3.61. The van der Waals surface area contributed by atoms with E-state index in [1.807, 2.05) is 24.4 Å². The molecule has 1 aliphatic heterocycles. The van der Waals surface area contributed by atoms with Gasteiger partial charge in [0.15, 0.2) is 0 Å². The number of aromatic nitrogens is 1. The predicted octanol–water partition coefficient (Wildman–Crippen LogP) is 4.96. The van der Waals surface area contributed by atoms with Crippen molar-refractivity contribution in [3.8, 4) is 11.3 Å². The highest BCUT2D eigenvalue weighted by molar-refractivity contribution is 5.99. The second-order valence-electron chi connectivity index (χ2n) is 7.98. The normalized spacial score (nSPS) is 15.5. The van der Waals surface area contributed by atoms with Gasteiger partial charge in [0.2, 0.25) is 0 Å². The van der Waals surface area contributed by atoms with Gasteiger partial charge in [-0.25, -0.2) is 4.99 Å². The van der Waals surface area contributed by atoms with Crippen LogP contribution in [0.1, 0.15) is 52.5 Å². The highest BCUT2D eigenvalue weighted by Gasteiger charge is 2.18. The summed E-state index contributed by atoms with van der Waals surface area (Å²) in [5.41, 5.74) is 8.00. The van der Waals surface area contributed by atoms with Crippen LogP contribution >= 0.6 is 0 Å². The van der Waals surface area contributed by atoms with Crippen molar-refractivity contribution >= 4 is 5.71 Å². The maximum atomic E-state index is 9.60. The SMILES string of the molecule is CCC1=C(NC(CC)CO)N=C(C)C(C)=C(NCc2ccc(-c3ccccn3)cc2)C1. The first-order chi connectivity index (χ1) is 15.0. The molecule has 0 amide bonds. The summed E-state index contributed by atoms with van der Waals surface area (Å²) < 4.78 is 0. The predicted molar refractivity (Wildman–Crippen MR) is 129 cm³/mol. The largest absolute Gasteiger partial charge is 0.394 e. The Morgan fingerprint density at radius 2 is 1.84 bits per heavy atom. The van der Waals surface area contributed by atoms with Gasteiger partial charge in [-0.05, 0) is 55.5 Å². The molecule has 2 heterocycles. The smallest absolute Gasteiger partial charge is 0.126 e. The molecule has 0 fully saturated rings. The van der Waals surface area contributed by atoms with Gasteiger partial charge in [0.25, 0.3) is 0 Å². The van der Waals surface area contributed by atoms with Gasteiger partial charge in [-0.15, -0.1) is 0 Å². The second kappa shape index (κ2) is 10.9. The van der Waals surface area contributed by atoms with Crippen LogP contribution in [0.2, 0.25) is 0 Å². The molecule has 0 saturated heterocycles. The molecule has 0 spiro atoms. The van der Waals surface area contributed by atoms with E-state index in [0.717, 1.165) is 48.6 Å². The molecule has 0 bridgehead atoms. The van der Waals surface area contributed by atoms with Crippen LogP contribution in [0.4, 0.5) is 0 Å². The molecule has 3 N–H and O–H groups in total. The third-order valence-electron chi connectivity index (χ3n) is 5.90. The fraction of sp³-hybridized carbons (Fsp3) is 0.385. The van der Waals surface area contributed by atoms with Gasteiger partial charge in [-0.1, -0.05) is 44.2 Å². The summed E-state index contributed by atoms with van der Waals surface area (Å²) in [7, 11) is 0. The Morgan fingerprint density at radius 3 is 2.45 bits per heavy atom. The van der Waals surface area contributed by atoms with Crippen molar-refractivity contribution in [3.05, 3.63) is 76.9 Å². The van der Waals surface area contributed by atoms with Crippen LogP contribution in [0, 0.1) is 0 Å². The Bertz CT molecular complexity index is 955. The summed E-state index contributed by atoms with van der Waals surface area (Å²) in [5, 5.41) is 16.7. The lowest BCUT2D eigenvalue weighted by molar-refractivity contribution is 0.246. The van der Waals surface area contributed by atoms with E-state index in [1.54, 1.807) is 0 Å². The standard InChI is InChI=1S/C26H34N4O/c1-5-21-15-25(18(3)19(4)29-26(21)30-23(6-2)17-31)28-16-20-10-12-22(13-11-20)24-9-7-8-14-27-24/h7-14,23,28,30-31H,5-6,15-17H2,1-4H3. The van der Waals surface area contributed by atoms with Gasteiger partial charge in [0.1, 0.15) is 5.82 Å². The van der Waals surface area contributed by atoms with Gasteiger partial charge in [0, 0.05) is 36.1 Å². The minimum absolute atomic E-state index is 0.0283. The second-order valence-corrected chi connectivity index (χ2v) is 7.98. The van der Waals surface area contributed by atoms with Crippen LogP contribution in [0.3, 0.4) is 0 Å². The number of allylic oxidation sites excluding steroid dienone is 2. The van der Waals surface area contributed by atoms with Crippen LogP contribution < -0.4 is 10.6 Å². The quantitative estimate of drug-likeness (QED) is 0.538. The molecule has 164 valence electrons. The summed E-state index contributed by atoms with van der Waals surface area (Å²) in [6, 6.07) is 14.6. The van der Waals surface area contributed by atoms with Gasteiger partial charge >= 0.3 is 0 Å². The Kier molecular flexibility index (Phi) is 8.01. The van der Waals surface area contributed by atoms with Crippen LogP contribution in [0.5, 0.6) is 0 Å². The van der Waals surface area contributed by atoms with E-state index < -0.39 is 0 Å². The molecular weight excluding hydrogens is 384 g/mol. The number of rotatable bonds is 9. The van der Waals surface area contributed by atoms with Gasteiger partial charge in [-0.2, -0.15) is 0 Å². The summed E-state index contributed by atoms with van der Waals surface area (Å²) in [6.07, 6.45) is 4.43. The van der Waals surface area contributed by atoms with E-state index in [4.69, 9.17) is 4.99 Å². The molecule has 5 nitrogen and oxygen atoms in total. The van der Waals surface area contributed by atoms with Crippen LogP contribution in [0.15, 0.2) is 76.3 Å². The number of aliphatic hydroxyl groups is 1. The summed E-state index contributed by atoms with van der Waals surface area (Å²) in [5.74, 6) is 0.914. The Morgan fingerprint density at radius 1 is 1.06 bits per heavy atom. The number of pyridine rings is 1. The molecule has 1 aliphatic rings. The molecule has 1 aromatic heterocycles. The maximum absolute atomic E-state index is 9.60. The van der Waals surface area contributed by atoms with E-state index in [1.165, 1.54) is 22.4 Å². The molecule has 5 heteroatoms. The Labute approximate surface area is 186 Å². The zero-order chi connectivity index (χ0) is 22.2. The molecule has 0 aliphatic carbocycles. The van der Waals surface area contributed by atoms with Crippen molar-refractivity contribution in [2.24, 2.45) is 4.99 Å². The average Bonchev–Trinajstić information content (AvgIpc) is 2.93. The van der Waals surface area contributed by atoms with E-state index in [0.29, 0.717) is 0 Å². The highest BCUT2D eigenvalue weighted by atomic mass is 16.3. The molecule has 1 unspecified atom stereocenters. The molecule has 0 saturated carbocycles. The van der Waals surface area contributed by atoms with Gasteiger partial charge in [-0.3, -0.25) is 4.98 Å². The first-order valence-electron chi connectivity index (χ1n) is 11.1. The fourth-order valence-corrected chi connectivity index (χ4v) is 3.61. The molecule has 2 aromatic rings. The summed E-state index contributed by atoms with van der Waals surface area (Å²) >= 11 is 0. The lowest BCUT2D eigenvalue weighted by Crippen LogP contribution is -2.31. The van der Waals surface area contributed by atoms with E-state index >= 15 is 0 Å². The summed E-state index contributed by atoms with van der Waals surface area (Å²) in [4.78, 5) is 9.29. The number of aliphatic hydroxyl groups excluding tert-OH is 1. The number of hydrogen-bond donors (Lipinski definition) is 3. The van der Waals surface area contributed by atoms with Crippen LogP contribution in [-0.4, -0.2) is 28.5 Å². The third-order valence-corrected chi connectivity index (χ3v) is 5.90. The molecule has 31 heavy (non-hydrogen) atoms. The van der Waals surface area contributed by atoms with Crippen LogP contribution in [0.25, 0.3) is 11.3 Å². The van der Waals surface area contributed by atoms with Gasteiger partial charge in [0.05, 0.1) is 18.3 Å². The van der Waals surface area contributed by atoms with Crippen molar-refractivity contribution in [3.63, 3.8) is 0 Å². The first kappa shape index (κ1) is 22.8. The van der Waals surface area contributed by atoms with E-state index in [-0.39, 0.29) is 12.6 Å². The molecule has 1 atom stereocenters. The van der Waals surface area contributed by atoms with Crippen molar-refractivity contribution in [2.75, 3.05) is 6.61 Å². The lowest BCUT2D eigenvalue weighted by Gasteiger charge is -2.19. The molecular formula is C26H34N4O. The van der Waals surface area contributed by atoms with Crippen molar-refractivity contribution in [1.29, 1.82) is 0 Å². The lowest BCUT2D eigenvalue weighted by atomic mass is 10.0. The molecule has 1 aromatic carbocycles. The third kappa shape index (κ3) is 5.82. The number of benzene rings is 1. The number of aliphatic imine (C=N–C) groups is 1. The average molecular weight is 419 g/mol. The maximum Gasteiger partial charge on any atom is 0.126 e. The molecule has 0 radical (unpaired) electrons. The topological polar surface area (TPSA) is 69.5 Å². The summed E-state index contributed by atoms with van der Waals surface area (Å²) in [6.45, 7) is 9.29. The minimum atomic E-state index is 0.0283. The number of nitrogens with one attached hydrogen (secondary N) is 2. The molecule has 3 rings (SSSR count). The van der Waals surface area contributed by atoms with E-state index in [2.05, 4.69) is 67.6 Å². The van der Waals surface area contributed by atoms with E-state index in [9.17, 15) is 5.11 Å². The zero-order valence-electron chi connectivity index (χ0n) is 19.1. The number of nitrogens with zero attached hydrogens (tertiary/aromatic N) is 2. The van der Waals surface area contributed by atoms with Crippen molar-refractivity contribution in [1.82, 2.24) is 15.6 Å². The van der Waals surface area contributed by atoms with Crippen molar-refractivity contribution < 1.29 is 5.11 Å². The Hall–Kier alpha value is -2.92. The zero-order valence-corrected chi connectivity index (χ0v) is 19.1. The minimum Gasteiger partial charge on any atom is -0.394 e. The monoisotopic (exact) mass is 418 g/mol. The van der Waals surface area contributed by atoms with Gasteiger partial charge < -0.3 is 15.7 Å². The highest BCUT2D eigenvalue weighted by Crippen LogP contribution is 2.25. The Balaban J connectivity index is 1.73. The van der Waals surface area contributed by atoms with Crippen LogP contribution in [-0.2, 0) is 6.54 Å². The first-order valence-corrected chi connectivity index (χ1v) is 11.1. The van der Waals surface area contributed by atoms with Crippen molar-refractivity contribution in [2.45, 2.75) is 59.5 Å². The number of hydrogen-bond acceptors (Lipinski definition) is 5.